The third-order valence-corrected chi connectivity index (χ3v) is 1.37. The number of methoxy groups -OCH3 is 1. The summed E-state index contributed by atoms with van der Waals surface area (Å²) in [7, 11) is 1.28. The van der Waals surface area contributed by atoms with Gasteiger partial charge in [0.15, 0.2) is 0 Å². The predicted octanol–water partition coefficient (Wildman–Crippen LogP) is 3.89. The van der Waals surface area contributed by atoms with Crippen molar-refractivity contribution < 1.29 is 30.6 Å². The summed E-state index contributed by atoms with van der Waals surface area (Å²) in [4.78, 5) is 9.78. The van der Waals surface area contributed by atoms with E-state index in [0.717, 1.165) is 0 Å². The fourth-order valence-corrected chi connectivity index (χ4v) is 0.661. The van der Waals surface area contributed by atoms with E-state index in [1.54, 1.807) is 0 Å². The van der Waals surface area contributed by atoms with E-state index in [0.29, 0.717) is 0 Å². The number of benzene rings is 1. The second kappa shape index (κ2) is 18.2. The zero-order valence-electron chi connectivity index (χ0n) is 11.3. The average Bonchev–Trinajstić information content (AvgIpc) is 2.40. The molecule has 0 spiro atoms. The number of hydrogen-bond donors (Lipinski definition) is 0. The molecule has 18 heavy (non-hydrogen) atoms. The van der Waals surface area contributed by atoms with Crippen molar-refractivity contribution in [1.29, 1.82) is 0 Å². The summed E-state index contributed by atoms with van der Waals surface area (Å²) < 4.78 is 4.09. The Balaban J connectivity index is -0.000000202. The van der Waals surface area contributed by atoms with Gasteiger partial charge < -0.3 is 10.8 Å². The van der Waals surface area contributed by atoms with Gasteiger partial charge >= 0.3 is 0 Å². The molecule has 100 valence electrons. The predicted molar refractivity (Wildman–Crippen MR) is 73.4 cm³/mol. The van der Waals surface area contributed by atoms with Crippen molar-refractivity contribution in [2.24, 2.45) is 0 Å². The van der Waals surface area contributed by atoms with Crippen LogP contribution in [0, 0.1) is 6.08 Å². The number of rotatable bonds is 2. The SMILES string of the molecule is C=Cc1ccccc1.C=[C-]C(=O)OC.CCC.[W]. The number of ether oxygens (including phenoxy) is 1. The molecule has 2 nitrogen and oxygen atoms in total. The Hall–Kier alpha value is -1.14. The normalized spacial score (nSPS) is 7.06. The molecular formula is C15H21O2W-. The maximum Gasteiger partial charge on any atom is 0.146 e. The summed E-state index contributed by atoms with van der Waals surface area (Å²) in [5.41, 5.74) is 1.17. The molecule has 0 N–H and O–H groups in total. The third-order valence-electron chi connectivity index (χ3n) is 1.37. The van der Waals surface area contributed by atoms with Gasteiger partial charge in [-0.25, -0.2) is 0 Å². The van der Waals surface area contributed by atoms with Crippen LogP contribution in [0.4, 0.5) is 0 Å². The summed E-state index contributed by atoms with van der Waals surface area (Å²) in [6, 6.07) is 10.0. The zero-order chi connectivity index (χ0) is 13.5. The molecule has 0 atom stereocenters. The summed E-state index contributed by atoms with van der Waals surface area (Å²) in [5, 5.41) is 0. The third kappa shape index (κ3) is 17.3. The fourth-order valence-electron chi connectivity index (χ4n) is 0.661. The molecule has 0 heterocycles. The van der Waals surface area contributed by atoms with Gasteiger partial charge in [-0.15, -0.1) is 0 Å². The van der Waals surface area contributed by atoms with Crippen molar-refractivity contribution in [1.82, 2.24) is 0 Å². The number of hydrogen-bond acceptors (Lipinski definition) is 2. The summed E-state index contributed by atoms with van der Waals surface area (Å²) in [5.74, 6) is -0.519. The molecule has 0 aromatic heterocycles. The molecule has 0 radical (unpaired) electrons. The van der Waals surface area contributed by atoms with E-state index < -0.39 is 5.97 Å². The second-order valence-corrected chi connectivity index (χ2v) is 2.99. The van der Waals surface area contributed by atoms with E-state index in [-0.39, 0.29) is 21.1 Å². The molecule has 0 saturated carbocycles. The average molecular weight is 417 g/mol. The monoisotopic (exact) mass is 417 g/mol. The molecule has 1 rings (SSSR count). The minimum atomic E-state index is -0.519. The Labute approximate surface area is 125 Å². The molecular weight excluding hydrogens is 396 g/mol. The first-order valence-electron chi connectivity index (χ1n) is 5.44. The van der Waals surface area contributed by atoms with E-state index in [9.17, 15) is 4.79 Å². The molecule has 0 aliphatic rings. The zero-order valence-corrected chi connectivity index (χ0v) is 14.2. The summed E-state index contributed by atoms with van der Waals surface area (Å²) in [6.45, 7) is 10.9. The maximum absolute atomic E-state index is 9.78. The van der Waals surface area contributed by atoms with Gasteiger partial charge in [-0.1, -0.05) is 63.3 Å². The van der Waals surface area contributed by atoms with Crippen LogP contribution in [0.25, 0.3) is 6.08 Å². The van der Waals surface area contributed by atoms with Crippen LogP contribution in [0.2, 0.25) is 0 Å². The van der Waals surface area contributed by atoms with Crippen LogP contribution in [-0.4, -0.2) is 13.1 Å². The maximum atomic E-state index is 9.78. The van der Waals surface area contributed by atoms with Crippen LogP contribution in [0.15, 0.2) is 43.5 Å². The number of esters is 1. The van der Waals surface area contributed by atoms with Gasteiger partial charge in [0.25, 0.3) is 0 Å². The second-order valence-electron chi connectivity index (χ2n) is 2.99. The van der Waals surface area contributed by atoms with Crippen molar-refractivity contribution in [3.8, 4) is 0 Å². The Kier molecular flexibility index (Phi) is 22.4. The van der Waals surface area contributed by atoms with E-state index in [2.05, 4.69) is 31.7 Å². The first-order chi connectivity index (χ1) is 8.15. The smallest absolute Gasteiger partial charge is 0.146 e. The van der Waals surface area contributed by atoms with Gasteiger partial charge in [0.05, 0.1) is 7.11 Å². The molecule has 1 aromatic carbocycles. The Morgan fingerprint density at radius 3 is 1.94 bits per heavy atom. The van der Waals surface area contributed by atoms with Crippen molar-refractivity contribution in [2.75, 3.05) is 7.11 Å². The number of carbonyl (C=O) groups is 1. The summed E-state index contributed by atoms with van der Waals surface area (Å²) in [6.07, 6.45) is 5.09. The standard InChI is InChI=1S/C8H8.C4H5O2.C3H8.W/c1-2-8-6-4-3-5-7-8;1-3-4(5)6-2;1-3-2;/h2-7H,1H2;1H2,2H3;3H2,1-2H3;/q;-1;;. The minimum absolute atomic E-state index is 0. The van der Waals surface area contributed by atoms with Gasteiger partial charge in [-0.3, -0.25) is 11.4 Å². The first-order valence-corrected chi connectivity index (χ1v) is 5.44. The minimum Gasteiger partial charge on any atom is -0.493 e. The molecule has 0 fully saturated rings. The van der Waals surface area contributed by atoms with Crippen molar-refractivity contribution in [3.63, 3.8) is 0 Å². The van der Waals surface area contributed by atoms with E-state index in [1.165, 1.54) is 19.1 Å². The van der Waals surface area contributed by atoms with Crippen LogP contribution in [0.5, 0.6) is 0 Å². The van der Waals surface area contributed by atoms with Crippen LogP contribution in [-0.2, 0) is 30.6 Å². The van der Waals surface area contributed by atoms with Crippen LogP contribution < -0.4 is 0 Å². The Bertz CT molecular complexity index is 308. The largest absolute Gasteiger partial charge is 0.493 e. The molecule has 0 unspecified atom stereocenters. The van der Waals surface area contributed by atoms with Crippen molar-refractivity contribution in [2.45, 2.75) is 20.3 Å². The van der Waals surface area contributed by atoms with Gasteiger partial charge in [-0.05, 0) is 5.56 Å². The molecule has 0 aliphatic heterocycles. The molecule has 1 aromatic rings. The molecule has 3 heteroatoms. The van der Waals surface area contributed by atoms with Gasteiger partial charge in [-0.2, -0.15) is 0 Å². The van der Waals surface area contributed by atoms with Crippen LogP contribution >= 0.6 is 0 Å². The van der Waals surface area contributed by atoms with E-state index in [4.69, 9.17) is 0 Å². The van der Waals surface area contributed by atoms with Gasteiger partial charge in [0, 0.05) is 21.1 Å². The summed E-state index contributed by atoms with van der Waals surface area (Å²) >= 11 is 0. The van der Waals surface area contributed by atoms with Crippen molar-refractivity contribution in [3.05, 3.63) is 55.1 Å². The molecule has 0 amide bonds. The van der Waals surface area contributed by atoms with E-state index >= 15 is 0 Å². The van der Waals surface area contributed by atoms with Gasteiger partial charge in [0.1, 0.15) is 5.97 Å². The Morgan fingerprint density at radius 1 is 1.33 bits per heavy atom. The first kappa shape index (κ1) is 22.1. The Morgan fingerprint density at radius 2 is 1.78 bits per heavy atom. The topological polar surface area (TPSA) is 26.3 Å². The molecule has 0 saturated heterocycles. The quantitative estimate of drug-likeness (QED) is 0.415. The molecule has 0 aliphatic carbocycles. The number of carbonyl (C=O) groups excluding carboxylic acids is 1. The van der Waals surface area contributed by atoms with Gasteiger partial charge in [0.2, 0.25) is 0 Å². The molecule has 0 bridgehead atoms. The van der Waals surface area contributed by atoms with Crippen LogP contribution in [0.3, 0.4) is 0 Å². The van der Waals surface area contributed by atoms with Crippen molar-refractivity contribution >= 4 is 12.0 Å². The van der Waals surface area contributed by atoms with E-state index in [1.807, 2.05) is 42.5 Å². The fraction of sp³-hybridized carbons (Fsp3) is 0.267. The van der Waals surface area contributed by atoms with Crippen LogP contribution in [0.1, 0.15) is 25.8 Å².